The Labute approximate surface area is 80.9 Å². The van der Waals surface area contributed by atoms with Gasteiger partial charge in [0.1, 0.15) is 0 Å². The number of aliphatic hydroxyl groups excluding tert-OH is 1. The van der Waals surface area contributed by atoms with Crippen molar-refractivity contribution in [2.24, 2.45) is 0 Å². The molecule has 0 heterocycles. The number of halogens is 1. The fourth-order valence-electron chi connectivity index (χ4n) is 0.889. The van der Waals surface area contributed by atoms with E-state index in [9.17, 15) is 0 Å². The first kappa shape index (κ1) is 9.49. The van der Waals surface area contributed by atoms with E-state index in [4.69, 9.17) is 5.11 Å². The van der Waals surface area contributed by atoms with E-state index in [1.54, 1.807) is 0 Å². The van der Waals surface area contributed by atoms with Gasteiger partial charge in [0.15, 0.2) is 0 Å². The molecule has 0 spiro atoms. The highest BCUT2D eigenvalue weighted by Crippen LogP contribution is 2.12. The number of aliphatic hydroxyl groups is 1. The zero-order chi connectivity index (χ0) is 8.97. The van der Waals surface area contributed by atoms with E-state index in [1.807, 2.05) is 37.3 Å². The molecule has 0 saturated carbocycles. The van der Waals surface area contributed by atoms with Gasteiger partial charge in [-0.25, -0.2) is 0 Å². The fraction of sp³-hybridized carbons (Fsp3) is 0.200. The van der Waals surface area contributed by atoms with E-state index in [-0.39, 0.29) is 6.61 Å². The summed E-state index contributed by atoms with van der Waals surface area (Å²) in [6.45, 7) is 2.03. The summed E-state index contributed by atoms with van der Waals surface area (Å²) in [5.41, 5.74) is 2.09. The number of rotatable bonds is 2. The second-order valence-corrected chi connectivity index (χ2v) is 3.62. The van der Waals surface area contributed by atoms with Gasteiger partial charge in [0.2, 0.25) is 0 Å². The second kappa shape index (κ2) is 4.43. The van der Waals surface area contributed by atoms with Crippen LogP contribution in [0.5, 0.6) is 0 Å². The highest BCUT2D eigenvalue weighted by atomic mass is 79.9. The molecule has 12 heavy (non-hydrogen) atoms. The summed E-state index contributed by atoms with van der Waals surface area (Å²) in [7, 11) is 0. The van der Waals surface area contributed by atoms with E-state index >= 15 is 0 Å². The van der Waals surface area contributed by atoms with Crippen LogP contribution in [0.2, 0.25) is 0 Å². The Morgan fingerprint density at radius 2 is 2.00 bits per heavy atom. The zero-order valence-corrected chi connectivity index (χ0v) is 8.51. The molecule has 2 heteroatoms. The lowest BCUT2D eigenvalue weighted by Gasteiger charge is -1.96. The lowest BCUT2D eigenvalue weighted by atomic mass is 10.1. The quantitative estimate of drug-likeness (QED) is 0.823. The maximum Gasteiger partial charge on any atom is 0.0642 e. The molecule has 1 nitrogen and oxygen atoms in total. The van der Waals surface area contributed by atoms with Crippen molar-refractivity contribution in [3.63, 3.8) is 0 Å². The molecule has 1 rings (SSSR count). The Balaban J connectivity index is 2.84. The average Bonchev–Trinajstić information content (AvgIpc) is 2.09. The van der Waals surface area contributed by atoms with E-state index in [1.165, 1.54) is 0 Å². The third-order valence-electron chi connectivity index (χ3n) is 1.53. The molecule has 0 radical (unpaired) electrons. The Hall–Kier alpha value is -0.600. The minimum Gasteiger partial charge on any atom is -0.392 e. The van der Waals surface area contributed by atoms with Gasteiger partial charge < -0.3 is 5.11 Å². The molecular weight excluding hydrogens is 216 g/mol. The maximum absolute atomic E-state index is 8.77. The van der Waals surface area contributed by atoms with Gasteiger partial charge in [0.05, 0.1) is 6.61 Å². The summed E-state index contributed by atoms with van der Waals surface area (Å²) in [4.78, 5) is 0. The van der Waals surface area contributed by atoms with E-state index in [2.05, 4.69) is 15.9 Å². The standard InChI is InChI=1S/C10H11BrO/c1-8(7-12)6-9-2-4-10(11)5-3-9/h2-6,12H,7H2,1H3/b8-6-. The predicted molar refractivity (Wildman–Crippen MR) is 54.9 cm³/mol. The maximum atomic E-state index is 8.77. The molecule has 0 unspecified atom stereocenters. The van der Waals surface area contributed by atoms with Crippen LogP contribution >= 0.6 is 15.9 Å². The van der Waals surface area contributed by atoms with Crippen molar-refractivity contribution in [1.82, 2.24) is 0 Å². The highest BCUT2D eigenvalue weighted by Gasteiger charge is 1.89. The highest BCUT2D eigenvalue weighted by molar-refractivity contribution is 9.10. The van der Waals surface area contributed by atoms with Gasteiger partial charge >= 0.3 is 0 Å². The monoisotopic (exact) mass is 226 g/mol. The first-order chi connectivity index (χ1) is 5.72. The van der Waals surface area contributed by atoms with Gasteiger partial charge in [-0.15, -0.1) is 0 Å². The molecule has 0 aliphatic heterocycles. The third kappa shape index (κ3) is 2.80. The van der Waals surface area contributed by atoms with Crippen LogP contribution in [0.1, 0.15) is 12.5 Å². The topological polar surface area (TPSA) is 20.2 Å². The molecule has 1 N–H and O–H groups in total. The van der Waals surface area contributed by atoms with E-state index < -0.39 is 0 Å². The van der Waals surface area contributed by atoms with Gasteiger partial charge in [-0.1, -0.05) is 34.1 Å². The van der Waals surface area contributed by atoms with Crippen LogP contribution in [0.25, 0.3) is 6.08 Å². The normalized spacial score (nSPS) is 11.8. The Morgan fingerprint density at radius 1 is 1.42 bits per heavy atom. The Morgan fingerprint density at radius 3 is 2.50 bits per heavy atom. The van der Waals surface area contributed by atoms with Crippen molar-refractivity contribution in [2.45, 2.75) is 6.92 Å². The lowest BCUT2D eigenvalue weighted by molar-refractivity contribution is 0.332. The minimum absolute atomic E-state index is 0.121. The zero-order valence-electron chi connectivity index (χ0n) is 6.92. The summed E-state index contributed by atoms with van der Waals surface area (Å²) in [5.74, 6) is 0. The van der Waals surface area contributed by atoms with Crippen LogP contribution in [0, 0.1) is 0 Å². The molecule has 1 aromatic carbocycles. The molecule has 0 aromatic heterocycles. The number of benzene rings is 1. The van der Waals surface area contributed by atoms with E-state index in [0.717, 1.165) is 15.6 Å². The molecule has 0 aliphatic carbocycles. The van der Waals surface area contributed by atoms with E-state index in [0.29, 0.717) is 0 Å². The third-order valence-corrected chi connectivity index (χ3v) is 2.06. The van der Waals surface area contributed by atoms with Crippen molar-refractivity contribution in [3.05, 3.63) is 39.9 Å². The molecular formula is C10H11BrO. The lowest BCUT2D eigenvalue weighted by Crippen LogP contribution is -1.83. The summed E-state index contributed by atoms with van der Waals surface area (Å²) in [6.07, 6.45) is 1.96. The molecule has 0 amide bonds. The fourth-order valence-corrected chi connectivity index (χ4v) is 1.15. The van der Waals surface area contributed by atoms with Crippen molar-refractivity contribution in [1.29, 1.82) is 0 Å². The van der Waals surface area contributed by atoms with Gasteiger partial charge in [-0.2, -0.15) is 0 Å². The van der Waals surface area contributed by atoms with Gasteiger partial charge in [0.25, 0.3) is 0 Å². The van der Waals surface area contributed by atoms with Crippen LogP contribution in [-0.4, -0.2) is 11.7 Å². The van der Waals surface area contributed by atoms with Gasteiger partial charge in [0, 0.05) is 4.47 Å². The van der Waals surface area contributed by atoms with Crippen LogP contribution in [-0.2, 0) is 0 Å². The first-order valence-corrected chi connectivity index (χ1v) is 4.55. The predicted octanol–water partition coefficient (Wildman–Crippen LogP) is 2.84. The Kier molecular flexibility index (Phi) is 3.50. The van der Waals surface area contributed by atoms with Gasteiger partial charge in [-0.05, 0) is 30.2 Å². The molecule has 0 fully saturated rings. The summed E-state index contributed by atoms with van der Waals surface area (Å²) < 4.78 is 1.07. The Bertz CT molecular complexity index is 274. The van der Waals surface area contributed by atoms with Crippen LogP contribution in [0.4, 0.5) is 0 Å². The van der Waals surface area contributed by atoms with Crippen LogP contribution in [0.3, 0.4) is 0 Å². The first-order valence-electron chi connectivity index (χ1n) is 3.76. The van der Waals surface area contributed by atoms with Gasteiger partial charge in [-0.3, -0.25) is 0 Å². The molecule has 0 atom stereocenters. The number of hydrogen-bond donors (Lipinski definition) is 1. The minimum atomic E-state index is 0.121. The van der Waals surface area contributed by atoms with Crippen LogP contribution < -0.4 is 0 Å². The molecule has 0 saturated heterocycles. The molecule has 64 valence electrons. The van der Waals surface area contributed by atoms with Crippen LogP contribution in [0.15, 0.2) is 34.3 Å². The summed E-state index contributed by atoms with van der Waals surface area (Å²) >= 11 is 3.36. The average molecular weight is 227 g/mol. The molecule has 0 aliphatic rings. The van der Waals surface area contributed by atoms with Crippen molar-refractivity contribution < 1.29 is 5.11 Å². The largest absolute Gasteiger partial charge is 0.392 e. The van der Waals surface area contributed by atoms with Crippen molar-refractivity contribution in [3.8, 4) is 0 Å². The second-order valence-electron chi connectivity index (χ2n) is 2.70. The smallest absolute Gasteiger partial charge is 0.0642 e. The van der Waals surface area contributed by atoms with Crippen molar-refractivity contribution >= 4 is 22.0 Å². The number of hydrogen-bond acceptors (Lipinski definition) is 1. The SMILES string of the molecule is C/C(=C/c1ccc(Br)cc1)CO. The molecule has 0 bridgehead atoms. The summed E-state index contributed by atoms with van der Waals surface area (Å²) in [6, 6.07) is 7.97. The molecule has 1 aromatic rings. The van der Waals surface area contributed by atoms with Crippen molar-refractivity contribution in [2.75, 3.05) is 6.61 Å². The summed E-state index contributed by atoms with van der Waals surface area (Å²) in [5, 5.41) is 8.77.